The van der Waals surface area contributed by atoms with Crippen molar-refractivity contribution in [1.82, 2.24) is 14.1 Å². The fourth-order valence-corrected chi connectivity index (χ4v) is 3.24. The molecule has 0 bridgehead atoms. The summed E-state index contributed by atoms with van der Waals surface area (Å²) in [6.45, 7) is 10.3. The second-order valence-electron chi connectivity index (χ2n) is 7.27. The topological polar surface area (TPSA) is 109 Å². The summed E-state index contributed by atoms with van der Waals surface area (Å²) in [6, 6.07) is 0. The summed E-state index contributed by atoms with van der Waals surface area (Å²) >= 11 is 0. The van der Waals surface area contributed by atoms with E-state index in [1.54, 1.807) is 18.9 Å². The molecule has 0 aromatic carbocycles. The third-order valence-electron chi connectivity index (χ3n) is 4.00. The van der Waals surface area contributed by atoms with Gasteiger partial charge in [0.15, 0.2) is 5.96 Å². The van der Waals surface area contributed by atoms with Crippen molar-refractivity contribution >= 4 is 46.1 Å². The van der Waals surface area contributed by atoms with Gasteiger partial charge < -0.3 is 20.3 Å². The molecule has 1 rings (SSSR count). The van der Waals surface area contributed by atoms with E-state index in [4.69, 9.17) is 10.5 Å². The van der Waals surface area contributed by atoms with Gasteiger partial charge in [-0.25, -0.2) is 17.5 Å². The van der Waals surface area contributed by atoms with Gasteiger partial charge in [0, 0.05) is 46.3 Å². The molecule has 0 atom stereocenters. The van der Waals surface area contributed by atoms with Crippen molar-refractivity contribution in [2.24, 2.45) is 10.7 Å². The Bertz CT molecular complexity index is 598. The highest BCUT2D eigenvalue weighted by Crippen LogP contribution is 2.11. The van der Waals surface area contributed by atoms with Crippen LogP contribution in [0.1, 0.15) is 34.1 Å². The summed E-state index contributed by atoms with van der Waals surface area (Å²) in [4.78, 5) is 20.0. The number of carbonyl (C=O) groups is 1. The van der Waals surface area contributed by atoms with Gasteiger partial charge in [-0.2, -0.15) is 0 Å². The van der Waals surface area contributed by atoms with Crippen LogP contribution in [0, 0.1) is 0 Å². The summed E-state index contributed by atoms with van der Waals surface area (Å²) in [6.07, 6.45) is 0.293. The zero-order valence-corrected chi connectivity index (χ0v) is 20.1. The molecular weight excluding hydrogens is 485 g/mol. The van der Waals surface area contributed by atoms with Crippen LogP contribution in [0.4, 0.5) is 4.79 Å². The number of halogens is 1. The van der Waals surface area contributed by atoms with Gasteiger partial charge in [0.25, 0.3) is 0 Å². The van der Waals surface area contributed by atoms with E-state index < -0.39 is 15.6 Å². The maximum Gasteiger partial charge on any atom is 0.410 e. The molecule has 27 heavy (non-hydrogen) atoms. The number of carbonyl (C=O) groups excluding carboxylic acids is 1. The Morgan fingerprint density at radius 2 is 1.70 bits per heavy atom. The van der Waals surface area contributed by atoms with Crippen molar-refractivity contribution in [2.75, 3.05) is 52.1 Å². The second kappa shape index (κ2) is 11.2. The number of aliphatic imine (C=N–C) groups is 1. The van der Waals surface area contributed by atoms with Crippen LogP contribution in [0.5, 0.6) is 0 Å². The van der Waals surface area contributed by atoms with Crippen molar-refractivity contribution < 1.29 is 17.9 Å². The number of hydrogen-bond acceptors (Lipinski definition) is 5. The number of guanidine groups is 1. The van der Waals surface area contributed by atoms with Gasteiger partial charge in [0.05, 0.1) is 5.75 Å². The SMILES string of the molecule is CCS(=O)(=O)N(C)CCCN=C(N)N1CCN(C(=O)OC(C)(C)C)CC1.I. The van der Waals surface area contributed by atoms with Crippen LogP contribution >= 0.6 is 24.0 Å². The lowest BCUT2D eigenvalue weighted by atomic mass is 10.2. The quantitative estimate of drug-likeness (QED) is 0.244. The van der Waals surface area contributed by atoms with Crippen molar-refractivity contribution in [3.05, 3.63) is 0 Å². The number of nitrogens with two attached hydrogens (primary N) is 1. The van der Waals surface area contributed by atoms with Gasteiger partial charge in [-0.05, 0) is 34.1 Å². The van der Waals surface area contributed by atoms with Gasteiger partial charge in [-0.3, -0.25) is 4.99 Å². The molecule has 0 radical (unpaired) electrons. The highest BCUT2D eigenvalue weighted by Gasteiger charge is 2.26. The monoisotopic (exact) mass is 519 g/mol. The Balaban J connectivity index is 0.00000676. The van der Waals surface area contributed by atoms with Crippen molar-refractivity contribution in [3.8, 4) is 0 Å². The van der Waals surface area contributed by atoms with E-state index in [9.17, 15) is 13.2 Å². The number of sulfonamides is 1. The Hall–Kier alpha value is -0.820. The van der Waals surface area contributed by atoms with Crippen LogP contribution in [-0.4, -0.2) is 92.2 Å². The molecule has 11 heteroatoms. The van der Waals surface area contributed by atoms with Crippen LogP contribution in [0.15, 0.2) is 4.99 Å². The van der Waals surface area contributed by atoms with Crippen LogP contribution in [0.2, 0.25) is 0 Å². The van der Waals surface area contributed by atoms with Crippen LogP contribution in [-0.2, 0) is 14.8 Å². The average molecular weight is 519 g/mol. The lowest BCUT2D eigenvalue weighted by molar-refractivity contribution is 0.0186. The standard InChI is InChI=1S/C16H33N5O4S.HI/c1-6-26(23,24)19(5)9-7-8-18-14(17)20-10-12-21(13-11-20)15(22)25-16(2,3)4;/h6-13H2,1-5H3,(H2,17,18);1H. The lowest BCUT2D eigenvalue weighted by Crippen LogP contribution is -2.53. The largest absolute Gasteiger partial charge is 0.444 e. The van der Waals surface area contributed by atoms with E-state index in [1.807, 2.05) is 25.7 Å². The van der Waals surface area contributed by atoms with Gasteiger partial charge in [-0.1, -0.05) is 0 Å². The molecule has 1 fully saturated rings. The molecule has 1 aliphatic heterocycles. The third-order valence-corrected chi connectivity index (χ3v) is 5.86. The van der Waals surface area contributed by atoms with Gasteiger partial charge in [0.2, 0.25) is 10.0 Å². The number of amides is 1. The highest BCUT2D eigenvalue weighted by atomic mass is 127. The first-order valence-electron chi connectivity index (χ1n) is 8.93. The number of rotatable bonds is 6. The Morgan fingerprint density at radius 1 is 1.19 bits per heavy atom. The van der Waals surface area contributed by atoms with Gasteiger partial charge >= 0.3 is 6.09 Å². The summed E-state index contributed by atoms with van der Waals surface area (Å²) in [5.41, 5.74) is 5.50. The number of nitrogens with zero attached hydrogens (tertiary/aromatic N) is 4. The fraction of sp³-hybridized carbons (Fsp3) is 0.875. The van der Waals surface area contributed by atoms with E-state index in [1.165, 1.54) is 4.31 Å². The first-order valence-corrected chi connectivity index (χ1v) is 10.5. The minimum absolute atomic E-state index is 0. The number of hydrogen-bond donors (Lipinski definition) is 1. The molecule has 1 amide bonds. The van der Waals surface area contributed by atoms with E-state index in [-0.39, 0.29) is 35.8 Å². The van der Waals surface area contributed by atoms with Crippen LogP contribution in [0.25, 0.3) is 0 Å². The van der Waals surface area contributed by atoms with Gasteiger partial charge in [-0.15, -0.1) is 24.0 Å². The van der Waals surface area contributed by atoms with Crippen molar-refractivity contribution in [1.29, 1.82) is 0 Å². The zero-order chi connectivity index (χ0) is 20.0. The minimum atomic E-state index is -3.15. The van der Waals surface area contributed by atoms with Crippen molar-refractivity contribution in [2.45, 2.75) is 39.7 Å². The normalized spacial score (nSPS) is 16.3. The molecule has 0 aliphatic carbocycles. The predicted molar refractivity (Wildman–Crippen MR) is 118 cm³/mol. The molecule has 160 valence electrons. The van der Waals surface area contributed by atoms with E-state index in [0.717, 1.165) is 0 Å². The third kappa shape index (κ3) is 9.28. The van der Waals surface area contributed by atoms with Crippen LogP contribution in [0.3, 0.4) is 0 Å². The van der Waals surface area contributed by atoms with Gasteiger partial charge in [0.1, 0.15) is 5.60 Å². The molecule has 2 N–H and O–H groups in total. The van der Waals surface area contributed by atoms with E-state index in [0.29, 0.717) is 51.6 Å². The maximum absolute atomic E-state index is 12.0. The second-order valence-corrected chi connectivity index (χ2v) is 9.63. The lowest BCUT2D eigenvalue weighted by Gasteiger charge is -2.36. The molecule has 9 nitrogen and oxygen atoms in total. The molecular formula is C16H34IN5O4S. The smallest absolute Gasteiger partial charge is 0.410 e. The molecule has 1 aliphatic rings. The molecule has 0 saturated carbocycles. The molecule has 0 aromatic heterocycles. The first-order chi connectivity index (χ1) is 12.0. The van der Waals surface area contributed by atoms with Crippen molar-refractivity contribution in [3.63, 3.8) is 0 Å². The molecule has 0 aromatic rings. The average Bonchev–Trinajstić information content (AvgIpc) is 2.56. The van der Waals surface area contributed by atoms with Crippen LogP contribution < -0.4 is 5.73 Å². The van der Waals surface area contributed by atoms with E-state index >= 15 is 0 Å². The summed E-state index contributed by atoms with van der Waals surface area (Å²) in [7, 11) is -1.58. The Labute approximate surface area is 180 Å². The van der Waals surface area contributed by atoms with E-state index in [2.05, 4.69) is 4.99 Å². The fourth-order valence-electron chi connectivity index (χ4n) is 2.39. The molecule has 1 saturated heterocycles. The number of ether oxygens (including phenoxy) is 1. The summed E-state index contributed by atoms with van der Waals surface area (Å²) in [5, 5.41) is 0. The Kier molecular flexibility index (Phi) is 10.9. The minimum Gasteiger partial charge on any atom is -0.444 e. The predicted octanol–water partition coefficient (Wildman–Crippen LogP) is 1.14. The molecule has 0 unspecified atom stereocenters. The first kappa shape index (κ1) is 26.2. The Morgan fingerprint density at radius 3 is 2.19 bits per heavy atom. The maximum atomic E-state index is 12.0. The molecule has 0 spiro atoms. The zero-order valence-electron chi connectivity index (χ0n) is 17.0. The summed E-state index contributed by atoms with van der Waals surface area (Å²) in [5.74, 6) is 0.520. The summed E-state index contributed by atoms with van der Waals surface area (Å²) < 4.78 is 30.0. The molecule has 1 heterocycles. The highest BCUT2D eigenvalue weighted by molar-refractivity contribution is 14.0. The number of piperazine rings is 1.